The average Bonchev–Trinajstić information content (AvgIpc) is 3.06. The number of fused-ring (bicyclic) bond motifs is 1. The minimum Gasteiger partial charge on any atom is -0.398 e. The van der Waals surface area contributed by atoms with Gasteiger partial charge in [-0.1, -0.05) is 12.1 Å². The van der Waals surface area contributed by atoms with Crippen LogP contribution in [0.4, 0.5) is 15.8 Å². The Kier molecular flexibility index (Phi) is 3.85. The fraction of sp³-hybridized carbons (Fsp3) is 0.0556. The first-order chi connectivity index (χ1) is 12.6. The molecular weight excluding hydrogens is 335 g/mol. The van der Waals surface area contributed by atoms with E-state index in [0.717, 1.165) is 5.69 Å². The Hall–Kier alpha value is -3.68. The highest BCUT2D eigenvalue weighted by molar-refractivity contribution is 5.71. The van der Waals surface area contributed by atoms with E-state index in [0.29, 0.717) is 35.1 Å². The largest absolute Gasteiger partial charge is 0.398 e. The number of nitrogen functional groups attached to an aromatic ring is 1. The maximum atomic E-state index is 12.9. The van der Waals surface area contributed by atoms with Crippen LogP contribution in [-0.2, 0) is 6.54 Å². The van der Waals surface area contributed by atoms with Crippen LogP contribution in [0.15, 0.2) is 59.4 Å². The molecule has 0 atom stereocenters. The standard InChI is InChI=1S/C18H15FN6O/c19-11-5-7-12(8-6-11)21-10-13-9-16(26)25-18(22-13)23-17(24-25)14-3-1-2-4-15(14)20/h1-9,21H,10,20H2,(H,22,23,24). The zero-order valence-electron chi connectivity index (χ0n) is 13.6. The summed E-state index contributed by atoms with van der Waals surface area (Å²) in [4.78, 5) is 19.8. The lowest BCUT2D eigenvalue weighted by Gasteiger charge is -2.06. The number of H-pyrrole nitrogens is 1. The van der Waals surface area contributed by atoms with Crippen molar-refractivity contribution in [2.24, 2.45) is 0 Å². The van der Waals surface area contributed by atoms with Crippen LogP contribution >= 0.6 is 0 Å². The van der Waals surface area contributed by atoms with Gasteiger partial charge in [0.1, 0.15) is 5.82 Å². The SMILES string of the molecule is Nc1ccccc1-c1nc2[nH]c(CNc3ccc(F)cc3)cc(=O)n2n1. The first-order valence-electron chi connectivity index (χ1n) is 7.93. The first kappa shape index (κ1) is 15.8. The van der Waals surface area contributed by atoms with Crippen molar-refractivity contribution in [1.29, 1.82) is 0 Å². The molecule has 0 saturated carbocycles. The second-order valence-corrected chi connectivity index (χ2v) is 5.75. The zero-order chi connectivity index (χ0) is 18.1. The number of nitrogens with one attached hydrogen (secondary N) is 2. The molecule has 26 heavy (non-hydrogen) atoms. The molecule has 0 bridgehead atoms. The molecule has 0 unspecified atom stereocenters. The number of halogens is 1. The number of anilines is 2. The van der Waals surface area contributed by atoms with E-state index < -0.39 is 0 Å². The van der Waals surface area contributed by atoms with Gasteiger partial charge in [-0.15, -0.1) is 5.10 Å². The Morgan fingerprint density at radius 2 is 1.92 bits per heavy atom. The predicted molar refractivity (Wildman–Crippen MR) is 97.2 cm³/mol. The highest BCUT2D eigenvalue weighted by atomic mass is 19.1. The van der Waals surface area contributed by atoms with Crippen LogP contribution in [0.25, 0.3) is 17.2 Å². The third kappa shape index (κ3) is 3.00. The monoisotopic (exact) mass is 350 g/mol. The third-order valence-corrected chi connectivity index (χ3v) is 3.91. The summed E-state index contributed by atoms with van der Waals surface area (Å²) in [6.07, 6.45) is 0. The molecule has 4 rings (SSSR count). The Balaban J connectivity index is 1.65. The summed E-state index contributed by atoms with van der Waals surface area (Å²) in [6.45, 7) is 0.354. The molecule has 2 heterocycles. The van der Waals surface area contributed by atoms with Crippen molar-refractivity contribution in [2.75, 3.05) is 11.1 Å². The molecule has 2 aromatic heterocycles. The molecule has 130 valence electrons. The highest BCUT2D eigenvalue weighted by Crippen LogP contribution is 2.22. The molecule has 0 fully saturated rings. The molecule has 4 aromatic rings. The van der Waals surface area contributed by atoms with Gasteiger partial charge in [0.25, 0.3) is 5.56 Å². The maximum Gasteiger partial charge on any atom is 0.275 e. The summed E-state index contributed by atoms with van der Waals surface area (Å²) in [7, 11) is 0. The van der Waals surface area contributed by atoms with Gasteiger partial charge in [-0.05, 0) is 36.4 Å². The van der Waals surface area contributed by atoms with Crippen molar-refractivity contribution in [3.63, 3.8) is 0 Å². The van der Waals surface area contributed by atoms with Crippen molar-refractivity contribution in [3.8, 4) is 11.4 Å². The summed E-state index contributed by atoms with van der Waals surface area (Å²) >= 11 is 0. The molecule has 2 aromatic carbocycles. The van der Waals surface area contributed by atoms with Crippen LogP contribution in [0.1, 0.15) is 5.69 Å². The van der Waals surface area contributed by atoms with Crippen LogP contribution in [0.5, 0.6) is 0 Å². The van der Waals surface area contributed by atoms with E-state index >= 15 is 0 Å². The van der Waals surface area contributed by atoms with Gasteiger partial charge in [-0.25, -0.2) is 4.39 Å². The van der Waals surface area contributed by atoms with Gasteiger partial charge in [0.2, 0.25) is 5.78 Å². The molecule has 7 nitrogen and oxygen atoms in total. The van der Waals surface area contributed by atoms with Crippen molar-refractivity contribution in [2.45, 2.75) is 6.54 Å². The van der Waals surface area contributed by atoms with E-state index in [1.165, 1.54) is 22.7 Å². The lowest BCUT2D eigenvalue weighted by Crippen LogP contribution is -2.17. The Morgan fingerprint density at radius 1 is 1.15 bits per heavy atom. The van der Waals surface area contributed by atoms with E-state index in [2.05, 4.69) is 20.4 Å². The molecule has 0 spiro atoms. The van der Waals surface area contributed by atoms with Crippen LogP contribution in [-0.4, -0.2) is 19.6 Å². The van der Waals surface area contributed by atoms with Gasteiger partial charge in [-0.2, -0.15) is 9.50 Å². The fourth-order valence-corrected chi connectivity index (χ4v) is 2.61. The number of para-hydroxylation sites is 1. The van der Waals surface area contributed by atoms with Gasteiger partial charge >= 0.3 is 0 Å². The normalized spacial score (nSPS) is 11.0. The minimum atomic E-state index is -0.304. The summed E-state index contributed by atoms with van der Waals surface area (Å²) < 4.78 is 14.1. The van der Waals surface area contributed by atoms with Crippen molar-refractivity contribution in [1.82, 2.24) is 19.6 Å². The quantitative estimate of drug-likeness (QED) is 0.491. The Bertz CT molecular complexity index is 1130. The molecule has 0 saturated heterocycles. The second kappa shape index (κ2) is 6.32. The third-order valence-electron chi connectivity index (χ3n) is 3.91. The maximum absolute atomic E-state index is 12.9. The number of benzene rings is 2. The Labute approximate surface area is 147 Å². The molecule has 0 aliphatic carbocycles. The number of nitrogens with zero attached hydrogens (tertiary/aromatic N) is 3. The van der Waals surface area contributed by atoms with Gasteiger partial charge in [0.05, 0.1) is 6.54 Å². The number of nitrogens with two attached hydrogens (primary N) is 1. The van der Waals surface area contributed by atoms with Gasteiger partial charge < -0.3 is 16.0 Å². The topological polar surface area (TPSA) is 101 Å². The fourth-order valence-electron chi connectivity index (χ4n) is 2.61. The molecule has 4 N–H and O–H groups in total. The lowest BCUT2D eigenvalue weighted by atomic mass is 10.2. The zero-order valence-corrected chi connectivity index (χ0v) is 13.6. The van der Waals surface area contributed by atoms with Gasteiger partial charge in [0, 0.05) is 28.7 Å². The van der Waals surface area contributed by atoms with Crippen LogP contribution < -0.4 is 16.6 Å². The summed E-state index contributed by atoms with van der Waals surface area (Å²) in [5.74, 6) is 0.397. The number of aromatic nitrogens is 4. The van der Waals surface area contributed by atoms with Crippen molar-refractivity contribution < 1.29 is 4.39 Å². The average molecular weight is 350 g/mol. The molecule has 0 aliphatic rings. The van der Waals surface area contributed by atoms with Crippen LogP contribution in [0.3, 0.4) is 0 Å². The van der Waals surface area contributed by atoms with Crippen molar-refractivity contribution >= 4 is 17.2 Å². The summed E-state index contributed by atoms with van der Waals surface area (Å²) in [5, 5.41) is 7.35. The van der Waals surface area contributed by atoms with E-state index in [4.69, 9.17) is 5.73 Å². The van der Waals surface area contributed by atoms with Gasteiger partial charge in [0.15, 0.2) is 5.82 Å². The van der Waals surface area contributed by atoms with Crippen LogP contribution in [0.2, 0.25) is 0 Å². The lowest BCUT2D eigenvalue weighted by molar-refractivity contribution is 0.628. The number of hydrogen-bond donors (Lipinski definition) is 3. The number of hydrogen-bond acceptors (Lipinski definition) is 5. The Morgan fingerprint density at radius 3 is 2.69 bits per heavy atom. The highest BCUT2D eigenvalue weighted by Gasteiger charge is 2.12. The van der Waals surface area contributed by atoms with E-state index in [-0.39, 0.29) is 11.4 Å². The number of rotatable bonds is 4. The molecule has 0 radical (unpaired) electrons. The summed E-state index contributed by atoms with van der Waals surface area (Å²) in [5.41, 5.74) is 8.22. The second-order valence-electron chi connectivity index (χ2n) is 5.75. The smallest absolute Gasteiger partial charge is 0.275 e. The van der Waals surface area contributed by atoms with E-state index in [9.17, 15) is 9.18 Å². The van der Waals surface area contributed by atoms with Crippen LogP contribution in [0, 0.1) is 5.82 Å². The van der Waals surface area contributed by atoms with E-state index in [1.807, 2.05) is 12.1 Å². The molecule has 0 amide bonds. The van der Waals surface area contributed by atoms with Crippen molar-refractivity contribution in [3.05, 3.63) is 76.5 Å². The molecular formula is C18H15FN6O. The predicted octanol–water partition coefficient (Wildman–Crippen LogP) is 2.42. The number of aromatic amines is 1. The summed E-state index contributed by atoms with van der Waals surface area (Å²) in [6, 6.07) is 14.6. The van der Waals surface area contributed by atoms with Gasteiger partial charge in [-0.3, -0.25) is 4.79 Å². The molecule has 0 aliphatic heterocycles. The molecule has 8 heteroatoms. The van der Waals surface area contributed by atoms with E-state index in [1.54, 1.807) is 24.3 Å². The minimum absolute atomic E-state index is 0.303. The first-order valence-corrected chi connectivity index (χ1v) is 7.93.